The molecule has 2 rings (SSSR count). The fourth-order valence-electron chi connectivity index (χ4n) is 3.39. The number of carbonyl (C=O) groups excluding carboxylic acids is 3. The van der Waals surface area contributed by atoms with Crippen molar-refractivity contribution in [3.8, 4) is 0 Å². The van der Waals surface area contributed by atoms with Crippen LogP contribution in [0.1, 0.15) is 66.2 Å². The Balaban J connectivity index is 2.01. The minimum Gasteiger partial charge on any atom is -0.350 e. The summed E-state index contributed by atoms with van der Waals surface area (Å²) in [5, 5.41) is 5.72. The molecule has 1 aliphatic heterocycles. The van der Waals surface area contributed by atoms with E-state index < -0.39 is 11.6 Å². The second-order valence-corrected chi connectivity index (χ2v) is 7.54. The van der Waals surface area contributed by atoms with Gasteiger partial charge in [0.1, 0.15) is 12.1 Å². The summed E-state index contributed by atoms with van der Waals surface area (Å²) in [5.41, 5.74) is -1.11. The zero-order chi connectivity index (χ0) is 17.3. The monoisotopic (exact) mass is 323 g/mol. The minimum absolute atomic E-state index is 0.201. The van der Waals surface area contributed by atoms with Gasteiger partial charge in [-0.05, 0) is 51.9 Å². The highest BCUT2D eigenvalue weighted by molar-refractivity contribution is 6.09. The molecule has 0 aromatic heterocycles. The average Bonchev–Trinajstić information content (AvgIpc) is 2.72. The summed E-state index contributed by atoms with van der Waals surface area (Å²) in [7, 11) is 0. The molecule has 0 unspecified atom stereocenters. The van der Waals surface area contributed by atoms with Gasteiger partial charge in [0.15, 0.2) is 0 Å². The Morgan fingerprint density at radius 2 is 1.91 bits per heavy atom. The molecule has 4 amide bonds. The Morgan fingerprint density at radius 3 is 2.43 bits per heavy atom. The maximum atomic E-state index is 12.7. The van der Waals surface area contributed by atoms with Crippen molar-refractivity contribution in [2.75, 3.05) is 6.54 Å². The number of amides is 4. The smallest absolute Gasteiger partial charge is 0.325 e. The zero-order valence-electron chi connectivity index (χ0n) is 14.7. The minimum atomic E-state index is -0.774. The van der Waals surface area contributed by atoms with E-state index in [1.165, 1.54) is 0 Å². The van der Waals surface area contributed by atoms with Crippen molar-refractivity contribution >= 4 is 17.8 Å². The molecule has 0 radical (unpaired) electrons. The predicted octanol–water partition coefficient (Wildman–Crippen LogP) is 2.18. The van der Waals surface area contributed by atoms with E-state index in [1.54, 1.807) is 0 Å². The number of nitrogens with one attached hydrogen (secondary N) is 2. The highest BCUT2D eigenvalue weighted by Crippen LogP contribution is 2.37. The van der Waals surface area contributed by atoms with Gasteiger partial charge in [0.05, 0.1) is 0 Å². The molecule has 1 saturated heterocycles. The number of nitrogens with zero attached hydrogens (tertiary/aromatic N) is 1. The molecule has 0 atom stereocenters. The molecule has 6 heteroatoms. The topological polar surface area (TPSA) is 78.5 Å². The molecule has 6 nitrogen and oxygen atoms in total. The number of hydrogen-bond donors (Lipinski definition) is 2. The SMILES string of the molecule is CCC1CCC2(CC1)NC(=O)N(CC(=O)NC(C)(C)CC)C2=O. The fourth-order valence-corrected chi connectivity index (χ4v) is 3.39. The standard InChI is InChI=1S/C17H29N3O3/c1-5-12-7-9-17(10-8-12)14(22)20(15(23)19-17)11-13(21)18-16(3,4)6-2/h12H,5-11H2,1-4H3,(H,18,21)(H,19,23). The van der Waals surface area contributed by atoms with Gasteiger partial charge in [-0.1, -0.05) is 20.3 Å². The summed E-state index contributed by atoms with van der Waals surface area (Å²) in [4.78, 5) is 38.1. The van der Waals surface area contributed by atoms with Crippen LogP contribution >= 0.6 is 0 Å². The van der Waals surface area contributed by atoms with E-state index in [2.05, 4.69) is 17.6 Å². The lowest BCUT2D eigenvalue weighted by Gasteiger charge is -2.34. The van der Waals surface area contributed by atoms with Crippen molar-refractivity contribution in [1.29, 1.82) is 0 Å². The van der Waals surface area contributed by atoms with Crippen molar-refractivity contribution in [3.63, 3.8) is 0 Å². The Kier molecular flexibility index (Phi) is 5.01. The van der Waals surface area contributed by atoms with E-state index in [4.69, 9.17) is 0 Å². The lowest BCUT2D eigenvalue weighted by molar-refractivity contribution is -0.136. The normalized spacial score (nSPS) is 28.2. The van der Waals surface area contributed by atoms with Crippen molar-refractivity contribution in [2.45, 2.75) is 77.3 Å². The Morgan fingerprint density at radius 1 is 1.30 bits per heavy atom. The average molecular weight is 323 g/mol. The first-order chi connectivity index (χ1) is 10.7. The largest absolute Gasteiger partial charge is 0.350 e. The van der Waals surface area contributed by atoms with Crippen LogP contribution in [0.25, 0.3) is 0 Å². The van der Waals surface area contributed by atoms with E-state index in [-0.39, 0.29) is 23.9 Å². The van der Waals surface area contributed by atoms with E-state index in [0.717, 1.165) is 30.6 Å². The van der Waals surface area contributed by atoms with Gasteiger partial charge in [0.2, 0.25) is 5.91 Å². The molecule has 23 heavy (non-hydrogen) atoms. The second kappa shape index (κ2) is 6.49. The molecule has 1 spiro atoms. The molecule has 0 aromatic carbocycles. The summed E-state index contributed by atoms with van der Waals surface area (Å²) in [5.74, 6) is 0.106. The van der Waals surface area contributed by atoms with Crippen molar-refractivity contribution in [3.05, 3.63) is 0 Å². The van der Waals surface area contributed by atoms with Gasteiger partial charge in [-0.3, -0.25) is 14.5 Å². The van der Waals surface area contributed by atoms with Crippen LogP contribution in [-0.2, 0) is 9.59 Å². The zero-order valence-corrected chi connectivity index (χ0v) is 14.7. The Labute approximate surface area is 138 Å². The van der Waals surface area contributed by atoms with Gasteiger partial charge >= 0.3 is 6.03 Å². The van der Waals surface area contributed by atoms with Gasteiger partial charge in [0.25, 0.3) is 5.91 Å². The molecule has 130 valence electrons. The molecule has 1 aliphatic carbocycles. The summed E-state index contributed by atoms with van der Waals surface area (Å²) in [6.07, 6.45) is 5.14. The first-order valence-corrected chi connectivity index (χ1v) is 8.68. The van der Waals surface area contributed by atoms with Crippen molar-refractivity contribution < 1.29 is 14.4 Å². The fraction of sp³-hybridized carbons (Fsp3) is 0.824. The van der Waals surface area contributed by atoms with Gasteiger partial charge in [0, 0.05) is 5.54 Å². The van der Waals surface area contributed by atoms with Crippen LogP contribution in [0.3, 0.4) is 0 Å². The van der Waals surface area contributed by atoms with E-state index in [0.29, 0.717) is 18.8 Å². The number of hydrogen-bond acceptors (Lipinski definition) is 3. The summed E-state index contributed by atoms with van der Waals surface area (Å²) in [6, 6.07) is -0.436. The molecule has 0 bridgehead atoms. The molecular formula is C17H29N3O3. The number of rotatable bonds is 5. The molecular weight excluding hydrogens is 294 g/mol. The van der Waals surface area contributed by atoms with Crippen molar-refractivity contribution in [2.24, 2.45) is 5.92 Å². The quantitative estimate of drug-likeness (QED) is 0.761. The number of carbonyl (C=O) groups is 3. The van der Waals surface area contributed by atoms with E-state index in [9.17, 15) is 14.4 Å². The third-order valence-corrected chi connectivity index (χ3v) is 5.45. The maximum Gasteiger partial charge on any atom is 0.325 e. The Bertz CT molecular complexity index is 493. The van der Waals surface area contributed by atoms with Crippen LogP contribution in [0.5, 0.6) is 0 Å². The van der Waals surface area contributed by atoms with E-state index >= 15 is 0 Å². The lowest BCUT2D eigenvalue weighted by atomic mass is 9.75. The molecule has 2 fully saturated rings. The van der Waals surface area contributed by atoms with Gasteiger partial charge in [-0.25, -0.2) is 4.79 Å². The van der Waals surface area contributed by atoms with Gasteiger partial charge < -0.3 is 10.6 Å². The number of imide groups is 1. The molecule has 1 heterocycles. The van der Waals surface area contributed by atoms with Crippen LogP contribution in [-0.4, -0.2) is 40.4 Å². The third-order valence-electron chi connectivity index (χ3n) is 5.45. The summed E-state index contributed by atoms with van der Waals surface area (Å²) in [6.45, 7) is 7.78. The van der Waals surface area contributed by atoms with Gasteiger partial charge in [-0.2, -0.15) is 0 Å². The first kappa shape index (κ1) is 17.8. The van der Waals surface area contributed by atoms with Crippen molar-refractivity contribution in [1.82, 2.24) is 15.5 Å². The summed E-state index contributed by atoms with van der Waals surface area (Å²) < 4.78 is 0. The van der Waals surface area contributed by atoms with Crippen LogP contribution in [0.15, 0.2) is 0 Å². The molecule has 2 aliphatic rings. The molecule has 2 N–H and O–H groups in total. The first-order valence-electron chi connectivity index (χ1n) is 8.68. The predicted molar refractivity (Wildman–Crippen MR) is 87.7 cm³/mol. The van der Waals surface area contributed by atoms with Gasteiger partial charge in [-0.15, -0.1) is 0 Å². The van der Waals surface area contributed by atoms with Crippen LogP contribution in [0.2, 0.25) is 0 Å². The van der Waals surface area contributed by atoms with Crippen LogP contribution in [0, 0.1) is 5.92 Å². The summed E-state index contributed by atoms with van der Waals surface area (Å²) >= 11 is 0. The van der Waals surface area contributed by atoms with Crippen LogP contribution in [0.4, 0.5) is 4.79 Å². The second-order valence-electron chi connectivity index (χ2n) is 7.54. The maximum absolute atomic E-state index is 12.7. The van der Waals surface area contributed by atoms with Crippen LogP contribution < -0.4 is 10.6 Å². The molecule has 0 aromatic rings. The lowest BCUT2D eigenvalue weighted by Crippen LogP contribution is -2.51. The highest BCUT2D eigenvalue weighted by atomic mass is 16.2. The van der Waals surface area contributed by atoms with E-state index in [1.807, 2.05) is 20.8 Å². The number of urea groups is 1. The third kappa shape index (κ3) is 3.67. The molecule has 1 saturated carbocycles. The Hall–Kier alpha value is -1.59. The highest BCUT2D eigenvalue weighted by Gasteiger charge is 2.52.